The fourth-order valence-corrected chi connectivity index (χ4v) is 3.39. The van der Waals surface area contributed by atoms with E-state index < -0.39 is 0 Å². The lowest BCUT2D eigenvalue weighted by Gasteiger charge is -2.33. The maximum absolute atomic E-state index is 2.60. The predicted molar refractivity (Wildman–Crippen MR) is 98.8 cm³/mol. The van der Waals surface area contributed by atoms with Crippen LogP contribution in [0.2, 0.25) is 0 Å². The first-order valence-corrected chi connectivity index (χ1v) is 10.0. The Kier molecular flexibility index (Phi) is 11.3. The van der Waals surface area contributed by atoms with E-state index in [2.05, 4.69) is 43.0 Å². The molecule has 1 rings (SSSR count). The minimum absolute atomic E-state index is 0.641. The topological polar surface area (TPSA) is 6.48 Å². The minimum atomic E-state index is 0.641. The lowest BCUT2D eigenvalue weighted by Crippen LogP contribution is -2.39. The van der Waals surface area contributed by atoms with Crippen molar-refractivity contribution in [2.75, 3.05) is 13.1 Å². The molecule has 0 aromatic heterocycles. The van der Waals surface area contributed by atoms with E-state index in [-0.39, 0.29) is 0 Å². The third kappa shape index (κ3) is 7.56. The van der Waals surface area contributed by atoms with Crippen LogP contribution in [-0.2, 0) is 0 Å². The summed E-state index contributed by atoms with van der Waals surface area (Å²) in [6.45, 7) is 9.39. The molecule has 0 saturated heterocycles. The highest BCUT2D eigenvalue weighted by molar-refractivity contribution is 4.96. The zero-order valence-electron chi connectivity index (χ0n) is 15.5. The molecule has 0 aliphatic carbocycles. The van der Waals surface area contributed by atoms with Gasteiger partial charge in [0.25, 0.3) is 0 Å². The summed E-state index contributed by atoms with van der Waals surface area (Å²) in [5.74, 6) is 0. The molecule has 2 heteroatoms. The molecule has 0 aromatic carbocycles. The third-order valence-corrected chi connectivity index (χ3v) is 4.80. The maximum atomic E-state index is 2.60. The molecule has 0 bridgehead atoms. The Hall–Kier alpha value is -0.660. The second kappa shape index (κ2) is 12.8. The Labute approximate surface area is 139 Å². The van der Waals surface area contributed by atoms with Gasteiger partial charge in [-0.25, -0.2) is 0 Å². The average Bonchev–Trinajstić information content (AvgIpc) is 2.90. The highest BCUT2D eigenvalue weighted by atomic mass is 15.4. The van der Waals surface area contributed by atoms with Gasteiger partial charge in [-0.3, -0.25) is 0 Å². The van der Waals surface area contributed by atoms with E-state index in [0.717, 1.165) is 0 Å². The summed E-state index contributed by atoms with van der Waals surface area (Å²) in [4.78, 5) is 5.20. The van der Waals surface area contributed by atoms with E-state index in [4.69, 9.17) is 0 Å². The molecule has 1 aliphatic heterocycles. The number of nitrogens with zero attached hydrogens (tertiary/aromatic N) is 2. The molecule has 0 radical (unpaired) electrons. The van der Waals surface area contributed by atoms with Gasteiger partial charge in [0.2, 0.25) is 0 Å². The Balaban J connectivity index is 2.24. The Morgan fingerprint density at radius 1 is 0.591 bits per heavy atom. The van der Waals surface area contributed by atoms with Crippen LogP contribution < -0.4 is 0 Å². The van der Waals surface area contributed by atoms with Crippen LogP contribution in [0.15, 0.2) is 12.4 Å². The molecule has 0 unspecified atom stereocenters. The molecule has 0 spiro atoms. The van der Waals surface area contributed by atoms with Crippen molar-refractivity contribution in [3.8, 4) is 0 Å². The fourth-order valence-electron chi connectivity index (χ4n) is 3.39. The summed E-state index contributed by atoms with van der Waals surface area (Å²) in [5.41, 5.74) is 0. The highest BCUT2D eigenvalue weighted by Crippen LogP contribution is 2.22. The molecule has 130 valence electrons. The van der Waals surface area contributed by atoms with Gasteiger partial charge in [0.1, 0.15) is 6.17 Å². The second-order valence-corrected chi connectivity index (χ2v) is 6.87. The van der Waals surface area contributed by atoms with E-state index in [1.165, 1.54) is 90.1 Å². The minimum Gasteiger partial charge on any atom is -0.356 e. The normalized spacial score (nSPS) is 15.2. The summed E-state index contributed by atoms with van der Waals surface area (Å²) >= 11 is 0. The van der Waals surface area contributed by atoms with Crippen LogP contribution in [0, 0.1) is 0 Å². The monoisotopic (exact) mass is 308 g/mol. The third-order valence-electron chi connectivity index (χ3n) is 4.80. The fraction of sp³-hybridized carbons (Fsp3) is 0.900. The summed E-state index contributed by atoms with van der Waals surface area (Å²) in [5, 5.41) is 0. The van der Waals surface area contributed by atoms with Crippen molar-refractivity contribution in [1.82, 2.24) is 9.80 Å². The van der Waals surface area contributed by atoms with Crippen LogP contribution in [0.5, 0.6) is 0 Å². The van der Waals surface area contributed by atoms with E-state index in [1.54, 1.807) is 0 Å². The highest BCUT2D eigenvalue weighted by Gasteiger charge is 2.24. The second-order valence-electron chi connectivity index (χ2n) is 6.87. The van der Waals surface area contributed by atoms with Gasteiger partial charge >= 0.3 is 0 Å². The van der Waals surface area contributed by atoms with Crippen LogP contribution in [0.4, 0.5) is 0 Å². The van der Waals surface area contributed by atoms with Gasteiger partial charge in [-0.15, -0.1) is 0 Å². The molecule has 1 aliphatic rings. The molecule has 0 aromatic rings. The van der Waals surface area contributed by atoms with Crippen LogP contribution in [0.25, 0.3) is 0 Å². The van der Waals surface area contributed by atoms with Crippen LogP contribution >= 0.6 is 0 Å². The molecular weight excluding hydrogens is 268 g/mol. The quantitative estimate of drug-likeness (QED) is 0.355. The summed E-state index contributed by atoms with van der Waals surface area (Å²) in [7, 11) is 0. The Morgan fingerprint density at radius 3 is 1.45 bits per heavy atom. The molecule has 1 heterocycles. The van der Waals surface area contributed by atoms with Crippen molar-refractivity contribution >= 4 is 0 Å². The summed E-state index contributed by atoms with van der Waals surface area (Å²) < 4.78 is 0. The average molecular weight is 309 g/mol. The summed E-state index contributed by atoms with van der Waals surface area (Å²) in [6.07, 6.45) is 21.7. The van der Waals surface area contributed by atoms with Gasteiger partial charge in [-0.05, 0) is 19.3 Å². The largest absolute Gasteiger partial charge is 0.356 e. The Bertz CT molecular complexity index is 251. The zero-order chi connectivity index (χ0) is 16.0. The number of rotatable bonds is 14. The zero-order valence-corrected chi connectivity index (χ0v) is 15.5. The first kappa shape index (κ1) is 19.4. The van der Waals surface area contributed by atoms with Crippen molar-refractivity contribution in [3.63, 3.8) is 0 Å². The predicted octanol–water partition coefficient (Wildman–Crippen LogP) is 6.14. The smallest absolute Gasteiger partial charge is 0.101 e. The molecule has 0 N–H and O–H groups in total. The van der Waals surface area contributed by atoms with Crippen LogP contribution in [-0.4, -0.2) is 29.1 Å². The lowest BCUT2D eigenvalue weighted by molar-refractivity contribution is 0.138. The maximum Gasteiger partial charge on any atom is 0.101 e. The molecule has 0 fully saturated rings. The molecule has 2 nitrogen and oxygen atoms in total. The van der Waals surface area contributed by atoms with Gasteiger partial charge in [-0.1, -0.05) is 78.6 Å². The van der Waals surface area contributed by atoms with Gasteiger partial charge < -0.3 is 9.80 Å². The SMILES string of the molecule is CCCCCCCN1C=CN(CCCCCCC)C1CCC. The molecular formula is C20H40N2. The van der Waals surface area contributed by atoms with Crippen molar-refractivity contribution in [3.05, 3.63) is 12.4 Å². The summed E-state index contributed by atoms with van der Waals surface area (Å²) in [6, 6.07) is 0. The van der Waals surface area contributed by atoms with Gasteiger partial charge in [0.15, 0.2) is 0 Å². The number of hydrogen-bond acceptors (Lipinski definition) is 2. The number of unbranched alkanes of at least 4 members (excludes halogenated alkanes) is 8. The van der Waals surface area contributed by atoms with E-state index >= 15 is 0 Å². The van der Waals surface area contributed by atoms with Crippen LogP contribution in [0.3, 0.4) is 0 Å². The van der Waals surface area contributed by atoms with Crippen LogP contribution in [0.1, 0.15) is 97.8 Å². The first-order valence-electron chi connectivity index (χ1n) is 10.0. The van der Waals surface area contributed by atoms with Gasteiger partial charge in [0, 0.05) is 25.5 Å². The molecule has 0 amide bonds. The van der Waals surface area contributed by atoms with Gasteiger partial charge in [-0.2, -0.15) is 0 Å². The van der Waals surface area contributed by atoms with Crippen molar-refractivity contribution in [1.29, 1.82) is 0 Å². The number of hydrogen-bond donors (Lipinski definition) is 0. The van der Waals surface area contributed by atoms with E-state index in [9.17, 15) is 0 Å². The van der Waals surface area contributed by atoms with Gasteiger partial charge in [0.05, 0.1) is 0 Å². The Morgan fingerprint density at radius 2 is 1.05 bits per heavy atom. The van der Waals surface area contributed by atoms with E-state index in [1.807, 2.05) is 0 Å². The van der Waals surface area contributed by atoms with E-state index in [0.29, 0.717) is 6.17 Å². The van der Waals surface area contributed by atoms with Crippen molar-refractivity contribution in [2.45, 2.75) is 104 Å². The molecule has 22 heavy (non-hydrogen) atoms. The van der Waals surface area contributed by atoms with Crippen molar-refractivity contribution in [2.24, 2.45) is 0 Å². The lowest BCUT2D eigenvalue weighted by atomic mass is 10.1. The molecule has 0 atom stereocenters. The molecule has 0 saturated carbocycles. The standard InChI is InChI=1S/C20H40N2/c1-4-7-9-11-13-16-21-18-19-22(20(21)15-6-3)17-14-12-10-8-5-2/h18-20H,4-17H2,1-3H3. The van der Waals surface area contributed by atoms with Crippen molar-refractivity contribution < 1.29 is 0 Å². The first-order chi connectivity index (χ1) is 10.8.